The number of aromatic nitrogens is 2. The van der Waals surface area contributed by atoms with E-state index >= 15 is 0 Å². The van der Waals surface area contributed by atoms with Crippen molar-refractivity contribution < 1.29 is 27.8 Å². The molecule has 0 spiro atoms. The minimum absolute atomic E-state index is 0.0201. The van der Waals surface area contributed by atoms with Crippen LogP contribution in [0, 0.1) is 11.6 Å². The van der Waals surface area contributed by atoms with Gasteiger partial charge in [0.1, 0.15) is 22.4 Å². The molecule has 164 valence electrons. The monoisotopic (exact) mass is 443 g/mol. The Morgan fingerprint density at radius 2 is 1.83 bits per heavy atom. The Morgan fingerprint density at radius 1 is 1.20 bits per heavy atom. The van der Waals surface area contributed by atoms with Crippen molar-refractivity contribution in [2.45, 2.75) is 46.3 Å². The first kappa shape index (κ1) is 23.6. The van der Waals surface area contributed by atoms with Crippen molar-refractivity contribution in [3.63, 3.8) is 0 Å². The zero-order valence-electron chi connectivity index (χ0n) is 17.2. The molecule has 0 unspecified atom stereocenters. The molecule has 1 amide bonds. The van der Waals surface area contributed by atoms with Gasteiger partial charge in [-0.05, 0) is 46.2 Å². The van der Waals surface area contributed by atoms with Crippen molar-refractivity contribution in [1.29, 1.82) is 0 Å². The Hall–Kier alpha value is -2.68. The lowest BCUT2D eigenvalue weighted by Gasteiger charge is -2.19. The van der Waals surface area contributed by atoms with E-state index < -0.39 is 29.3 Å². The number of benzene rings is 1. The minimum atomic E-state index is -0.757. The predicted molar refractivity (Wildman–Crippen MR) is 107 cm³/mol. The molecule has 7 nitrogen and oxygen atoms in total. The van der Waals surface area contributed by atoms with E-state index in [1.807, 2.05) is 0 Å². The first-order valence-electron chi connectivity index (χ1n) is 9.35. The Labute approximate surface area is 178 Å². The van der Waals surface area contributed by atoms with Gasteiger partial charge in [0.2, 0.25) is 0 Å². The van der Waals surface area contributed by atoms with Crippen molar-refractivity contribution in [3.05, 3.63) is 51.8 Å². The van der Waals surface area contributed by atoms with Crippen LogP contribution in [0.5, 0.6) is 0 Å². The van der Waals surface area contributed by atoms with Gasteiger partial charge in [-0.2, -0.15) is 5.10 Å². The van der Waals surface area contributed by atoms with Crippen molar-refractivity contribution in [1.82, 2.24) is 15.1 Å². The van der Waals surface area contributed by atoms with Crippen LogP contribution < -0.4 is 5.32 Å². The summed E-state index contributed by atoms with van der Waals surface area (Å²) < 4.78 is 39.3. The predicted octanol–water partition coefficient (Wildman–Crippen LogP) is 4.11. The number of carbonyl (C=O) groups excluding carboxylic acids is 2. The lowest BCUT2D eigenvalue weighted by Crippen LogP contribution is -2.33. The lowest BCUT2D eigenvalue weighted by atomic mass is 10.1. The summed E-state index contributed by atoms with van der Waals surface area (Å²) in [6.45, 7) is 6.72. The van der Waals surface area contributed by atoms with Gasteiger partial charge in [-0.15, -0.1) is 0 Å². The Bertz CT molecular complexity index is 905. The number of esters is 1. The summed E-state index contributed by atoms with van der Waals surface area (Å²) in [6.07, 6.45) is -0.497. The molecule has 0 aliphatic rings. The van der Waals surface area contributed by atoms with Gasteiger partial charge in [-0.1, -0.05) is 17.7 Å². The topological polar surface area (TPSA) is 82.5 Å². The average Bonchev–Trinajstić information content (AvgIpc) is 2.93. The van der Waals surface area contributed by atoms with E-state index in [0.29, 0.717) is 5.56 Å². The molecule has 0 saturated heterocycles. The quantitative estimate of drug-likeness (QED) is 0.651. The molecule has 1 N–H and O–H groups in total. The van der Waals surface area contributed by atoms with Gasteiger partial charge < -0.3 is 14.8 Å². The summed E-state index contributed by atoms with van der Waals surface area (Å²) in [7, 11) is 0. The van der Waals surface area contributed by atoms with Crippen LogP contribution in [0.1, 0.15) is 49.3 Å². The van der Waals surface area contributed by atoms with E-state index in [9.17, 15) is 18.4 Å². The van der Waals surface area contributed by atoms with E-state index in [-0.39, 0.29) is 42.5 Å². The SMILES string of the molecule is CCOC(=O)c1nn(Cc2c(F)cccc2F)c(Cl)c1CCNC(=O)OC(C)(C)C. The number of nitrogens with one attached hydrogen (secondary N) is 1. The van der Waals surface area contributed by atoms with Gasteiger partial charge in [0.05, 0.1) is 13.2 Å². The number of nitrogens with zero attached hydrogens (tertiary/aromatic N) is 2. The molecule has 0 bridgehead atoms. The fourth-order valence-electron chi connectivity index (χ4n) is 2.61. The fourth-order valence-corrected chi connectivity index (χ4v) is 2.89. The van der Waals surface area contributed by atoms with Gasteiger partial charge in [0.15, 0.2) is 5.69 Å². The van der Waals surface area contributed by atoms with Crippen LogP contribution in [0.25, 0.3) is 0 Å². The van der Waals surface area contributed by atoms with Crippen LogP contribution in [-0.4, -0.2) is 40.6 Å². The number of rotatable bonds is 7. The minimum Gasteiger partial charge on any atom is -0.461 e. The fraction of sp³-hybridized carbons (Fsp3) is 0.450. The maximum atomic E-state index is 14.0. The van der Waals surface area contributed by atoms with Crippen molar-refractivity contribution in [2.75, 3.05) is 13.2 Å². The number of alkyl carbamates (subject to hydrolysis) is 1. The molecular formula is C20H24ClF2N3O4. The Kier molecular flexibility index (Phi) is 7.77. The Morgan fingerprint density at radius 3 is 2.40 bits per heavy atom. The molecule has 0 aliphatic carbocycles. The summed E-state index contributed by atoms with van der Waals surface area (Å²) in [5.74, 6) is -2.24. The number of amides is 1. The highest BCUT2D eigenvalue weighted by molar-refractivity contribution is 6.30. The molecule has 2 aromatic rings. The summed E-state index contributed by atoms with van der Waals surface area (Å²) in [5, 5.41) is 6.68. The third-order valence-corrected chi connectivity index (χ3v) is 4.29. The van der Waals surface area contributed by atoms with Crippen LogP contribution in [-0.2, 0) is 22.4 Å². The van der Waals surface area contributed by atoms with E-state index in [0.717, 1.165) is 16.8 Å². The van der Waals surface area contributed by atoms with Crippen LogP contribution >= 0.6 is 11.6 Å². The smallest absolute Gasteiger partial charge is 0.407 e. The van der Waals surface area contributed by atoms with Crippen molar-refractivity contribution >= 4 is 23.7 Å². The number of ether oxygens (including phenoxy) is 2. The van der Waals surface area contributed by atoms with E-state index in [2.05, 4.69) is 10.4 Å². The van der Waals surface area contributed by atoms with Crippen molar-refractivity contribution in [3.8, 4) is 0 Å². The number of hydrogen-bond acceptors (Lipinski definition) is 5. The zero-order valence-corrected chi connectivity index (χ0v) is 18.0. The third-order valence-electron chi connectivity index (χ3n) is 3.86. The van der Waals surface area contributed by atoms with Crippen LogP contribution in [0.15, 0.2) is 18.2 Å². The van der Waals surface area contributed by atoms with Crippen LogP contribution in [0.4, 0.5) is 13.6 Å². The molecule has 0 atom stereocenters. The molecule has 0 aliphatic heterocycles. The number of carbonyl (C=O) groups is 2. The summed E-state index contributed by atoms with van der Waals surface area (Å²) in [5.41, 5.74) is -0.685. The third kappa shape index (κ3) is 6.16. The number of halogens is 3. The molecule has 0 radical (unpaired) electrons. The van der Waals surface area contributed by atoms with Crippen LogP contribution in [0.3, 0.4) is 0 Å². The molecule has 30 heavy (non-hydrogen) atoms. The van der Waals surface area contributed by atoms with Gasteiger partial charge in [0.25, 0.3) is 0 Å². The van der Waals surface area contributed by atoms with E-state index in [4.69, 9.17) is 21.1 Å². The highest BCUT2D eigenvalue weighted by Gasteiger charge is 2.24. The average molecular weight is 444 g/mol. The van der Waals surface area contributed by atoms with E-state index in [1.54, 1.807) is 27.7 Å². The van der Waals surface area contributed by atoms with Gasteiger partial charge in [0, 0.05) is 17.7 Å². The summed E-state index contributed by atoms with van der Waals surface area (Å²) in [6, 6.07) is 3.48. The summed E-state index contributed by atoms with van der Waals surface area (Å²) in [4.78, 5) is 24.1. The lowest BCUT2D eigenvalue weighted by molar-refractivity contribution is 0.0515. The van der Waals surface area contributed by atoms with Gasteiger partial charge >= 0.3 is 12.1 Å². The normalized spacial score (nSPS) is 11.3. The maximum Gasteiger partial charge on any atom is 0.407 e. The molecular weight excluding hydrogens is 420 g/mol. The van der Waals surface area contributed by atoms with Crippen molar-refractivity contribution in [2.24, 2.45) is 0 Å². The maximum absolute atomic E-state index is 14.0. The highest BCUT2D eigenvalue weighted by Crippen LogP contribution is 2.24. The molecule has 0 fully saturated rings. The number of hydrogen-bond donors (Lipinski definition) is 1. The largest absolute Gasteiger partial charge is 0.461 e. The standard InChI is InChI=1S/C20H24ClF2N3O4/c1-5-29-18(27)16-12(9-10-24-19(28)30-20(2,3)4)17(21)26(25-16)11-13-14(22)7-6-8-15(13)23/h6-8H,5,9-11H2,1-4H3,(H,24,28). The van der Waals surface area contributed by atoms with E-state index in [1.165, 1.54) is 6.07 Å². The molecule has 1 aromatic carbocycles. The second-order valence-electron chi connectivity index (χ2n) is 7.37. The molecule has 0 saturated carbocycles. The molecule has 10 heteroatoms. The molecule has 1 heterocycles. The molecule has 2 rings (SSSR count). The zero-order chi connectivity index (χ0) is 22.5. The molecule has 1 aromatic heterocycles. The first-order valence-corrected chi connectivity index (χ1v) is 9.73. The second kappa shape index (κ2) is 9.88. The highest BCUT2D eigenvalue weighted by atomic mass is 35.5. The van der Waals surface area contributed by atoms with Gasteiger partial charge in [-0.3, -0.25) is 0 Å². The second-order valence-corrected chi connectivity index (χ2v) is 7.73. The summed E-state index contributed by atoms with van der Waals surface area (Å²) >= 11 is 6.35. The van der Waals surface area contributed by atoms with Crippen LogP contribution in [0.2, 0.25) is 5.15 Å². The Balaban J connectivity index is 2.25. The first-order chi connectivity index (χ1) is 14.0. The van der Waals surface area contributed by atoms with Gasteiger partial charge in [-0.25, -0.2) is 23.1 Å².